The van der Waals surface area contributed by atoms with Crippen LogP contribution in [0.2, 0.25) is 0 Å². The van der Waals surface area contributed by atoms with Crippen LogP contribution in [0.25, 0.3) is 0 Å². The molecule has 0 aromatic rings. The van der Waals surface area contributed by atoms with Crippen LogP contribution < -0.4 is 71.2 Å². The molecule has 1 heterocycles. The van der Waals surface area contributed by atoms with Gasteiger partial charge in [-0.2, -0.15) is 12.6 Å². The number of amides is 11. The Balaban J connectivity index is 3.10. The monoisotopic (exact) mass is 1010 g/mol. The van der Waals surface area contributed by atoms with Crippen LogP contribution in [0.15, 0.2) is 4.99 Å². The molecule has 22 N–H and O–H groups in total. The van der Waals surface area contributed by atoms with Crippen LogP contribution in [0.4, 0.5) is 0 Å². The summed E-state index contributed by atoms with van der Waals surface area (Å²) in [6.45, 7) is -0.149. The van der Waals surface area contributed by atoms with E-state index < -0.39 is 164 Å². The number of thiol groups is 1. The molecule has 69 heavy (non-hydrogen) atoms. The van der Waals surface area contributed by atoms with E-state index in [9.17, 15) is 67.7 Å². The number of hydrogen-bond acceptors (Lipinski definition) is 18. The maximum Gasteiger partial charge on any atom is 0.305 e. The lowest BCUT2D eigenvalue weighted by molar-refractivity contribution is -0.140. The SMILES string of the molecule is C[C@@H](O)[C@H](NC(=O)[C@H](CC(N)=O)NC(=O)[C@@H](NC(=O)[C@H](CS)NC(=O)[C@@H](N)CO)[C@@H](C)O)C(=O)NCC(=O)N1CCC[C@H]1C(=O)N[C@@H](CCCN=C(N)N)C(=O)NCC(=O)N[C@@H](CC(=O)O)C(N)=O. The zero-order valence-corrected chi connectivity index (χ0v) is 38.6. The molecule has 0 radical (unpaired) electrons. The van der Waals surface area contributed by atoms with Gasteiger partial charge in [-0.05, 0) is 39.5 Å². The first-order valence-electron chi connectivity index (χ1n) is 21.1. The second kappa shape index (κ2) is 29.8. The smallest absolute Gasteiger partial charge is 0.305 e. The van der Waals surface area contributed by atoms with E-state index in [2.05, 4.69) is 60.2 Å². The Morgan fingerprint density at radius 1 is 0.696 bits per heavy atom. The maximum absolute atomic E-state index is 13.6. The van der Waals surface area contributed by atoms with Gasteiger partial charge in [0.2, 0.25) is 65.0 Å². The zero-order chi connectivity index (χ0) is 52.7. The number of guanidine groups is 1. The molecule has 1 aliphatic heterocycles. The first-order valence-corrected chi connectivity index (χ1v) is 21.7. The molecule has 10 atom stereocenters. The number of nitrogens with zero attached hydrogens (tertiary/aromatic N) is 2. The minimum Gasteiger partial charge on any atom is -0.481 e. The van der Waals surface area contributed by atoms with Crippen molar-refractivity contribution in [2.24, 2.45) is 33.7 Å². The zero-order valence-electron chi connectivity index (χ0n) is 37.7. The average molecular weight is 1010 g/mol. The van der Waals surface area contributed by atoms with Crippen molar-refractivity contribution in [2.45, 2.75) is 113 Å². The average Bonchev–Trinajstić information content (AvgIpc) is 3.77. The Morgan fingerprint density at radius 2 is 1.26 bits per heavy atom. The van der Waals surface area contributed by atoms with Gasteiger partial charge < -0.3 is 96.5 Å². The highest BCUT2D eigenvalue weighted by molar-refractivity contribution is 7.80. The van der Waals surface area contributed by atoms with Gasteiger partial charge >= 0.3 is 5.97 Å². The number of carbonyl (C=O) groups excluding carboxylic acids is 11. The molecule has 0 aromatic carbocycles. The third-order valence-corrected chi connectivity index (χ3v) is 10.2. The highest BCUT2D eigenvalue weighted by Gasteiger charge is 2.38. The van der Waals surface area contributed by atoms with Crippen LogP contribution in [0.1, 0.15) is 52.4 Å². The van der Waals surface area contributed by atoms with E-state index in [1.54, 1.807) is 0 Å². The molecule has 0 unspecified atom stereocenters. The lowest BCUT2D eigenvalue weighted by atomic mass is 10.1. The summed E-state index contributed by atoms with van der Waals surface area (Å²) < 4.78 is 0. The van der Waals surface area contributed by atoms with Gasteiger partial charge in [-0.3, -0.25) is 62.5 Å². The Bertz CT molecular complexity index is 1920. The maximum atomic E-state index is 13.6. The van der Waals surface area contributed by atoms with Gasteiger partial charge in [0.1, 0.15) is 48.3 Å². The Morgan fingerprint density at radius 3 is 1.78 bits per heavy atom. The van der Waals surface area contributed by atoms with Crippen LogP contribution in [0.3, 0.4) is 0 Å². The molecule has 1 fully saturated rings. The standard InChI is InChI=1S/C37H63N15O16S/c1-15(54)27(50-32(64)20(9-23(39)56)48-36(68)28(16(2)55)51-33(65)21(14-69)49-30(62)17(38)13-53)35(67)45-12-25(58)52-8-4-6-22(52)34(66)47-18(5-3-7-43-37(41)42)31(63)44-11-24(57)46-19(29(40)61)10-26(59)60/h15-22,27-28,53-55,69H,3-14,38H2,1-2H3,(H2,39,56)(H2,40,61)(H,44,63)(H,45,67)(H,46,57)(H,47,66)(H,48,68)(H,49,62)(H,50,64)(H,51,65)(H,59,60)(H4,41,42,43)/t15-,16-,17+,18+,19+,20+,21+,22+,27+,28+/m1/s1. The van der Waals surface area contributed by atoms with Crippen molar-refractivity contribution >= 4 is 89.5 Å². The van der Waals surface area contributed by atoms with Crippen molar-refractivity contribution in [1.82, 2.24) is 47.4 Å². The van der Waals surface area contributed by atoms with Crippen molar-refractivity contribution in [3.63, 3.8) is 0 Å². The molecule has 388 valence electrons. The molecule has 1 aliphatic rings. The molecule has 0 aliphatic carbocycles. The lowest BCUT2D eigenvalue weighted by Gasteiger charge is -2.28. The molecule has 0 bridgehead atoms. The van der Waals surface area contributed by atoms with Gasteiger partial charge in [0.25, 0.3) is 0 Å². The Hall–Kier alpha value is -6.90. The fraction of sp³-hybridized carbons (Fsp3) is 0.649. The third kappa shape index (κ3) is 21.3. The van der Waals surface area contributed by atoms with Crippen LogP contribution in [-0.4, -0.2) is 201 Å². The summed E-state index contributed by atoms with van der Waals surface area (Å²) in [4.78, 5) is 157. The van der Waals surface area contributed by atoms with Gasteiger partial charge in [0, 0.05) is 18.8 Å². The number of likely N-dealkylation sites (tertiary alicyclic amines) is 1. The Kier molecular flexibility index (Phi) is 25.9. The second-order valence-electron chi connectivity index (χ2n) is 15.5. The van der Waals surface area contributed by atoms with E-state index >= 15 is 0 Å². The summed E-state index contributed by atoms with van der Waals surface area (Å²) in [5, 5.41) is 56.5. The highest BCUT2D eigenvalue weighted by Crippen LogP contribution is 2.18. The molecule has 0 aromatic heterocycles. The first kappa shape index (κ1) is 60.1. The van der Waals surface area contributed by atoms with Gasteiger partial charge in [-0.1, -0.05) is 0 Å². The summed E-state index contributed by atoms with van der Waals surface area (Å²) >= 11 is 3.97. The van der Waals surface area contributed by atoms with Crippen molar-refractivity contribution in [1.29, 1.82) is 0 Å². The van der Waals surface area contributed by atoms with E-state index in [1.165, 1.54) is 0 Å². The number of nitrogens with one attached hydrogen (secondary N) is 8. The number of carboxylic acid groups (broad SMARTS) is 1. The van der Waals surface area contributed by atoms with E-state index in [4.69, 9.17) is 38.9 Å². The van der Waals surface area contributed by atoms with Gasteiger partial charge in [-0.25, -0.2) is 0 Å². The number of rotatable bonds is 30. The topological polar surface area (TPSA) is 528 Å². The number of hydrogen-bond donors (Lipinski definition) is 18. The molecular weight excluding hydrogens is 943 g/mol. The minimum absolute atomic E-state index is 0.00642. The van der Waals surface area contributed by atoms with Crippen molar-refractivity contribution in [3.8, 4) is 0 Å². The number of aliphatic imine (C=N–C) groups is 1. The molecular formula is C37H63N15O16S. The van der Waals surface area contributed by atoms with Crippen molar-refractivity contribution in [2.75, 3.05) is 38.5 Å². The molecule has 11 amide bonds. The minimum atomic E-state index is -1.89. The molecule has 31 nitrogen and oxygen atoms in total. The van der Waals surface area contributed by atoms with Crippen molar-refractivity contribution in [3.05, 3.63) is 0 Å². The molecule has 0 spiro atoms. The summed E-state index contributed by atoms with van der Waals surface area (Å²) in [6, 6.07) is -12.5. The van der Waals surface area contributed by atoms with Crippen LogP contribution in [0, 0.1) is 0 Å². The van der Waals surface area contributed by atoms with Crippen LogP contribution in [-0.2, 0) is 57.5 Å². The van der Waals surface area contributed by atoms with Gasteiger partial charge in [0.15, 0.2) is 5.96 Å². The molecule has 0 saturated carbocycles. The summed E-state index contributed by atoms with van der Waals surface area (Å²) in [5.74, 6) is -13.5. The van der Waals surface area contributed by atoms with E-state index in [0.29, 0.717) is 6.42 Å². The fourth-order valence-corrected chi connectivity index (χ4v) is 6.49. The van der Waals surface area contributed by atoms with Gasteiger partial charge in [0.05, 0.1) is 44.7 Å². The number of aliphatic carboxylic acids is 1. The lowest BCUT2D eigenvalue weighted by Crippen LogP contribution is -2.62. The fourth-order valence-electron chi connectivity index (χ4n) is 6.23. The number of aliphatic hydroxyl groups is 3. The molecule has 32 heteroatoms. The second-order valence-corrected chi connectivity index (χ2v) is 15.9. The number of aliphatic hydroxyl groups excluding tert-OH is 3. The highest BCUT2D eigenvalue weighted by atomic mass is 32.1. The number of carbonyl (C=O) groups is 12. The normalized spacial score (nSPS) is 17.0. The quantitative estimate of drug-likeness (QED) is 0.0137. The van der Waals surface area contributed by atoms with E-state index in [0.717, 1.165) is 18.7 Å². The van der Waals surface area contributed by atoms with E-state index in [-0.39, 0.29) is 44.1 Å². The summed E-state index contributed by atoms with van der Waals surface area (Å²) in [6.07, 6.45) is -4.66. The summed E-state index contributed by atoms with van der Waals surface area (Å²) in [7, 11) is 0. The largest absolute Gasteiger partial charge is 0.481 e. The molecule has 1 saturated heterocycles. The predicted molar refractivity (Wildman–Crippen MR) is 240 cm³/mol. The predicted octanol–water partition coefficient (Wildman–Crippen LogP) is -11.0. The number of primary amides is 2. The van der Waals surface area contributed by atoms with Gasteiger partial charge in [-0.15, -0.1) is 0 Å². The third-order valence-electron chi connectivity index (χ3n) is 9.86. The first-order chi connectivity index (χ1) is 32.2. The van der Waals surface area contributed by atoms with E-state index in [1.807, 2.05) is 0 Å². The van der Waals surface area contributed by atoms with Crippen molar-refractivity contribution < 1.29 is 78.0 Å². The van der Waals surface area contributed by atoms with Crippen LogP contribution >= 0.6 is 12.6 Å². The summed E-state index contributed by atoms with van der Waals surface area (Å²) in [5.41, 5.74) is 26.6. The number of nitrogens with two attached hydrogens (primary N) is 5. The number of carboxylic acids is 1. The Labute approximate surface area is 399 Å². The molecule has 1 rings (SSSR count). The van der Waals surface area contributed by atoms with Crippen LogP contribution in [0.5, 0.6) is 0 Å².